The topological polar surface area (TPSA) is 95.9 Å². The van der Waals surface area contributed by atoms with Gasteiger partial charge in [-0.25, -0.2) is 0 Å². The van der Waals surface area contributed by atoms with Gasteiger partial charge in [0.25, 0.3) is 0 Å². The van der Waals surface area contributed by atoms with Crippen molar-refractivity contribution >= 4 is 11.9 Å². The lowest BCUT2D eigenvalue weighted by atomic mass is 10.0. The van der Waals surface area contributed by atoms with Crippen molar-refractivity contribution in [2.24, 2.45) is 0 Å². The van der Waals surface area contributed by atoms with Gasteiger partial charge in [0.1, 0.15) is 0 Å². The summed E-state index contributed by atoms with van der Waals surface area (Å²) in [6.45, 7) is 4.88. The Morgan fingerprint density at radius 3 is 1.17 bits per heavy atom. The first kappa shape index (κ1) is 56.6. The highest BCUT2D eigenvalue weighted by molar-refractivity contribution is 5.76. The number of esters is 1. The first-order valence-corrected chi connectivity index (χ1v) is 26.0. The lowest BCUT2D eigenvalue weighted by molar-refractivity contribution is -0.143. The molecule has 0 saturated heterocycles. The van der Waals surface area contributed by atoms with Crippen LogP contribution in [0.3, 0.4) is 0 Å². The molecule has 0 saturated carbocycles. The molecule has 0 heterocycles. The third-order valence-electron chi connectivity index (χ3n) is 12.1. The molecular weight excluding hydrogens is 719 g/mol. The van der Waals surface area contributed by atoms with Crippen LogP contribution in [0.25, 0.3) is 0 Å². The number of aliphatic hydroxyl groups excluding tert-OH is 2. The van der Waals surface area contributed by atoms with Crippen LogP contribution in [0.1, 0.15) is 284 Å². The van der Waals surface area contributed by atoms with E-state index in [1.807, 2.05) is 6.08 Å². The zero-order chi connectivity index (χ0) is 42.3. The van der Waals surface area contributed by atoms with E-state index in [1.165, 1.54) is 212 Å². The normalized spacial score (nSPS) is 12.7. The molecule has 0 aromatic carbocycles. The van der Waals surface area contributed by atoms with Crippen molar-refractivity contribution in [1.82, 2.24) is 5.32 Å². The number of unbranched alkanes of at least 4 members (excludes halogenated alkanes) is 37. The van der Waals surface area contributed by atoms with E-state index in [1.54, 1.807) is 6.08 Å². The minimum atomic E-state index is -0.846. The Labute approximate surface area is 361 Å². The number of hydrogen-bond acceptors (Lipinski definition) is 5. The number of ether oxygens (including phenoxy) is 1. The van der Waals surface area contributed by atoms with E-state index >= 15 is 0 Å². The van der Waals surface area contributed by atoms with Crippen molar-refractivity contribution in [2.75, 3.05) is 13.2 Å². The van der Waals surface area contributed by atoms with Gasteiger partial charge in [-0.2, -0.15) is 0 Å². The number of allylic oxidation sites excluding steroid dienone is 1. The van der Waals surface area contributed by atoms with E-state index in [0.717, 1.165) is 44.9 Å². The fourth-order valence-corrected chi connectivity index (χ4v) is 8.05. The van der Waals surface area contributed by atoms with Crippen LogP contribution in [-0.2, 0) is 14.3 Å². The molecule has 6 nitrogen and oxygen atoms in total. The maximum Gasteiger partial charge on any atom is 0.305 e. The van der Waals surface area contributed by atoms with Crippen molar-refractivity contribution in [1.29, 1.82) is 0 Å². The first-order valence-electron chi connectivity index (χ1n) is 26.0. The fourth-order valence-electron chi connectivity index (χ4n) is 8.05. The summed E-state index contributed by atoms with van der Waals surface area (Å²) in [4.78, 5) is 24.4. The van der Waals surface area contributed by atoms with Gasteiger partial charge in [0, 0.05) is 12.8 Å². The second-order valence-electron chi connectivity index (χ2n) is 17.9. The molecule has 0 bridgehead atoms. The number of aliphatic hydroxyl groups is 2. The Bertz CT molecular complexity index is 863. The highest BCUT2D eigenvalue weighted by atomic mass is 16.5. The summed E-state index contributed by atoms with van der Waals surface area (Å²) < 4.78 is 5.47. The van der Waals surface area contributed by atoms with Gasteiger partial charge >= 0.3 is 5.97 Å². The van der Waals surface area contributed by atoms with Gasteiger partial charge in [-0.15, -0.1) is 0 Å². The SMILES string of the molecule is CCCCCCCCCCC/C=C/C(O)C(CO)NC(=O)CCCCCCCCCCCCCCCCCCOC(=O)CCCCCCCCCCCCCCCC. The standard InChI is InChI=1S/C52H101NO5/c1-3-5-7-9-11-13-15-16-22-26-30-34-38-42-46-52(57)58-47-43-39-35-31-27-23-20-18-17-19-21-25-29-33-37-41-45-51(56)53-49(48-54)50(55)44-40-36-32-28-24-14-12-10-8-6-4-2/h40,44,49-50,54-55H,3-39,41-43,45-48H2,1-2H3,(H,53,56)/b44-40+. The molecule has 344 valence electrons. The molecular formula is C52H101NO5. The molecule has 1 amide bonds. The maximum atomic E-state index is 12.4. The van der Waals surface area contributed by atoms with Crippen molar-refractivity contribution in [2.45, 2.75) is 296 Å². The van der Waals surface area contributed by atoms with Gasteiger partial charge in [0.15, 0.2) is 0 Å². The molecule has 0 radical (unpaired) electrons. The van der Waals surface area contributed by atoms with E-state index < -0.39 is 12.1 Å². The molecule has 0 aromatic rings. The lowest BCUT2D eigenvalue weighted by Crippen LogP contribution is -2.45. The van der Waals surface area contributed by atoms with Crippen LogP contribution in [0.2, 0.25) is 0 Å². The van der Waals surface area contributed by atoms with Crippen LogP contribution >= 0.6 is 0 Å². The maximum absolute atomic E-state index is 12.4. The molecule has 0 spiro atoms. The summed E-state index contributed by atoms with van der Waals surface area (Å²) in [6.07, 6.45) is 55.0. The van der Waals surface area contributed by atoms with Gasteiger partial charge < -0.3 is 20.3 Å². The molecule has 0 fully saturated rings. The molecule has 3 N–H and O–H groups in total. The summed E-state index contributed by atoms with van der Waals surface area (Å²) in [5, 5.41) is 23.0. The molecule has 2 atom stereocenters. The second-order valence-corrected chi connectivity index (χ2v) is 17.9. The van der Waals surface area contributed by atoms with E-state index in [4.69, 9.17) is 4.74 Å². The van der Waals surface area contributed by atoms with Crippen molar-refractivity contribution in [3.8, 4) is 0 Å². The van der Waals surface area contributed by atoms with Crippen LogP contribution in [0.15, 0.2) is 12.2 Å². The summed E-state index contributed by atoms with van der Waals surface area (Å²) in [5.74, 6) is -0.0711. The van der Waals surface area contributed by atoms with Gasteiger partial charge in [0.2, 0.25) is 5.91 Å². The third-order valence-corrected chi connectivity index (χ3v) is 12.1. The Morgan fingerprint density at radius 2 is 0.793 bits per heavy atom. The zero-order valence-electron chi connectivity index (χ0n) is 39.0. The zero-order valence-corrected chi connectivity index (χ0v) is 39.0. The molecule has 0 aliphatic carbocycles. The number of amides is 1. The Kier molecular flexibility index (Phi) is 47.1. The number of hydrogen-bond donors (Lipinski definition) is 3. The van der Waals surface area contributed by atoms with Gasteiger partial charge in [0.05, 0.1) is 25.4 Å². The van der Waals surface area contributed by atoms with Crippen LogP contribution in [0.4, 0.5) is 0 Å². The Balaban J connectivity index is 3.42. The van der Waals surface area contributed by atoms with Crippen LogP contribution in [0, 0.1) is 0 Å². The number of carbonyl (C=O) groups excluding carboxylic acids is 2. The summed E-state index contributed by atoms with van der Waals surface area (Å²) >= 11 is 0. The minimum Gasteiger partial charge on any atom is -0.466 e. The Morgan fingerprint density at radius 1 is 0.466 bits per heavy atom. The van der Waals surface area contributed by atoms with Crippen molar-refractivity contribution < 1.29 is 24.5 Å². The predicted molar refractivity (Wildman–Crippen MR) is 250 cm³/mol. The monoisotopic (exact) mass is 820 g/mol. The highest BCUT2D eigenvalue weighted by Crippen LogP contribution is 2.16. The molecule has 0 rings (SSSR count). The largest absolute Gasteiger partial charge is 0.466 e. The van der Waals surface area contributed by atoms with Gasteiger partial charge in [-0.1, -0.05) is 251 Å². The van der Waals surface area contributed by atoms with Crippen LogP contribution in [0.5, 0.6) is 0 Å². The van der Waals surface area contributed by atoms with E-state index in [2.05, 4.69) is 19.2 Å². The fraction of sp³-hybridized carbons (Fsp3) is 0.923. The summed E-state index contributed by atoms with van der Waals surface area (Å²) in [5.41, 5.74) is 0. The summed E-state index contributed by atoms with van der Waals surface area (Å²) in [7, 11) is 0. The van der Waals surface area contributed by atoms with E-state index in [9.17, 15) is 19.8 Å². The minimum absolute atomic E-state index is 0.00427. The van der Waals surface area contributed by atoms with Crippen molar-refractivity contribution in [3.05, 3.63) is 12.2 Å². The molecule has 58 heavy (non-hydrogen) atoms. The smallest absolute Gasteiger partial charge is 0.305 e. The van der Waals surface area contributed by atoms with Crippen LogP contribution < -0.4 is 5.32 Å². The third kappa shape index (κ3) is 44.2. The Hall–Kier alpha value is -1.40. The number of carbonyl (C=O) groups is 2. The summed E-state index contributed by atoms with van der Waals surface area (Å²) in [6, 6.07) is -0.630. The van der Waals surface area contributed by atoms with Gasteiger partial charge in [-0.05, 0) is 32.1 Å². The van der Waals surface area contributed by atoms with Gasteiger partial charge in [-0.3, -0.25) is 9.59 Å². The number of rotatable bonds is 48. The number of nitrogens with one attached hydrogen (secondary N) is 1. The molecule has 0 aliphatic heterocycles. The molecule has 0 aliphatic rings. The average molecular weight is 820 g/mol. The molecule has 0 aromatic heterocycles. The lowest BCUT2D eigenvalue weighted by Gasteiger charge is -2.20. The van der Waals surface area contributed by atoms with Crippen molar-refractivity contribution in [3.63, 3.8) is 0 Å². The second kappa shape index (κ2) is 48.3. The predicted octanol–water partition coefficient (Wildman–Crippen LogP) is 15.3. The molecule has 6 heteroatoms. The van der Waals surface area contributed by atoms with Crippen LogP contribution in [-0.4, -0.2) is 47.4 Å². The quantitative estimate of drug-likeness (QED) is 0.0323. The average Bonchev–Trinajstić information content (AvgIpc) is 3.22. The van der Waals surface area contributed by atoms with E-state index in [-0.39, 0.29) is 18.5 Å². The highest BCUT2D eigenvalue weighted by Gasteiger charge is 2.18. The van der Waals surface area contributed by atoms with E-state index in [0.29, 0.717) is 19.4 Å². The molecule has 2 unspecified atom stereocenters. The first-order chi connectivity index (χ1) is 28.5.